The van der Waals surface area contributed by atoms with Crippen molar-refractivity contribution in [2.75, 3.05) is 18.5 Å². The molecule has 0 aliphatic carbocycles. The highest BCUT2D eigenvalue weighted by Gasteiger charge is 2.24. The van der Waals surface area contributed by atoms with Crippen molar-refractivity contribution < 1.29 is 14.7 Å². The molecular weight excluding hydrogens is 438 g/mol. The molecule has 0 saturated heterocycles. The van der Waals surface area contributed by atoms with Gasteiger partial charge in [-0.1, -0.05) is 24.3 Å². The van der Waals surface area contributed by atoms with E-state index in [0.717, 1.165) is 16.6 Å². The monoisotopic (exact) mass is 459 g/mol. The van der Waals surface area contributed by atoms with E-state index in [0.29, 0.717) is 10.4 Å². The van der Waals surface area contributed by atoms with Crippen LogP contribution in [0, 0.1) is 6.92 Å². The van der Waals surface area contributed by atoms with Gasteiger partial charge in [0.15, 0.2) is 0 Å². The van der Waals surface area contributed by atoms with E-state index in [2.05, 4.69) is 31.3 Å². The summed E-state index contributed by atoms with van der Waals surface area (Å²) in [4.78, 5) is 30.9. The van der Waals surface area contributed by atoms with Crippen LogP contribution < -0.4 is 5.32 Å². The molecular formula is C20H22BrN5O3. The molecule has 3 aromatic rings. The van der Waals surface area contributed by atoms with Crippen LogP contribution in [0.1, 0.15) is 12.6 Å². The Kier molecular flexibility index (Phi) is 6.60. The largest absolute Gasteiger partial charge is 0.394 e. The van der Waals surface area contributed by atoms with Gasteiger partial charge in [0.2, 0.25) is 11.8 Å². The third kappa shape index (κ3) is 4.99. The summed E-state index contributed by atoms with van der Waals surface area (Å²) in [7, 11) is 0. The molecule has 2 heterocycles. The normalized spacial score (nSPS) is 12.0. The Morgan fingerprint density at radius 3 is 2.72 bits per heavy atom. The quantitative estimate of drug-likeness (QED) is 0.528. The van der Waals surface area contributed by atoms with Crippen LogP contribution in [0.3, 0.4) is 0 Å². The maximum Gasteiger partial charge on any atom is 0.245 e. The lowest BCUT2D eigenvalue weighted by atomic mass is 10.2. The highest BCUT2D eigenvalue weighted by Crippen LogP contribution is 2.18. The number of aryl methyl sites for hydroxylation is 1. The zero-order chi connectivity index (χ0) is 21.0. The van der Waals surface area contributed by atoms with Gasteiger partial charge in [0.25, 0.3) is 0 Å². The standard InChI is InChI=1S/C20H22BrN5O3/c1-13(12-27)25(10-19(28)23-18-9-5-8-17(21)22-18)20(29)11-26-16-7-4-3-6-15(16)14(2)24-26/h3-9,13,27H,10-12H2,1-2H3,(H,22,23,28)/t13-/m1/s1. The van der Waals surface area contributed by atoms with Crippen molar-refractivity contribution >= 4 is 44.5 Å². The minimum atomic E-state index is -0.522. The molecule has 2 N–H and O–H groups in total. The van der Waals surface area contributed by atoms with Gasteiger partial charge in [-0.05, 0) is 48.0 Å². The van der Waals surface area contributed by atoms with E-state index >= 15 is 0 Å². The van der Waals surface area contributed by atoms with Gasteiger partial charge >= 0.3 is 0 Å². The number of nitrogens with zero attached hydrogens (tertiary/aromatic N) is 4. The van der Waals surface area contributed by atoms with Crippen molar-refractivity contribution in [3.05, 3.63) is 52.8 Å². The lowest BCUT2D eigenvalue weighted by molar-refractivity contribution is -0.138. The zero-order valence-electron chi connectivity index (χ0n) is 16.2. The van der Waals surface area contributed by atoms with Gasteiger partial charge in [-0.15, -0.1) is 0 Å². The van der Waals surface area contributed by atoms with Crippen LogP contribution in [0.2, 0.25) is 0 Å². The van der Waals surface area contributed by atoms with Crippen LogP contribution in [0.15, 0.2) is 47.1 Å². The molecule has 0 saturated carbocycles. The summed E-state index contributed by atoms with van der Waals surface area (Å²) in [6.45, 7) is 3.09. The predicted octanol–water partition coefficient (Wildman–Crippen LogP) is 2.35. The second-order valence-corrected chi connectivity index (χ2v) is 7.52. The van der Waals surface area contributed by atoms with Gasteiger partial charge in [0.05, 0.1) is 23.9 Å². The molecule has 0 unspecified atom stereocenters. The van der Waals surface area contributed by atoms with Crippen molar-refractivity contribution in [2.24, 2.45) is 0 Å². The van der Waals surface area contributed by atoms with Crippen LogP contribution in [0.4, 0.5) is 5.82 Å². The van der Waals surface area contributed by atoms with Gasteiger partial charge in [-0.3, -0.25) is 14.3 Å². The molecule has 2 amide bonds. The first-order valence-electron chi connectivity index (χ1n) is 9.14. The summed E-state index contributed by atoms with van der Waals surface area (Å²) in [5.41, 5.74) is 1.67. The molecule has 9 heteroatoms. The minimum absolute atomic E-state index is 0.0267. The van der Waals surface area contributed by atoms with Crippen molar-refractivity contribution in [2.45, 2.75) is 26.4 Å². The third-order valence-corrected chi connectivity index (χ3v) is 4.98. The number of fused-ring (bicyclic) bond motifs is 1. The van der Waals surface area contributed by atoms with Crippen LogP contribution in [-0.2, 0) is 16.1 Å². The van der Waals surface area contributed by atoms with Crippen molar-refractivity contribution in [1.82, 2.24) is 19.7 Å². The minimum Gasteiger partial charge on any atom is -0.394 e. The summed E-state index contributed by atoms with van der Waals surface area (Å²) < 4.78 is 2.21. The van der Waals surface area contributed by atoms with Gasteiger partial charge in [0.1, 0.15) is 23.5 Å². The number of anilines is 1. The Balaban J connectivity index is 1.75. The van der Waals surface area contributed by atoms with Gasteiger partial charge in [0, 0.05) is 5.39 Å². The summed E-state index contributed by atoms with van der Waals surface area (Å²) in [6, 6.07) is 12.3. The molecule has 0 aliphatic rings. The van der Waals surface area contributed by atoms with E-state index in [1.165, 1.54) is 4.90 Å². The number of carbonyl (C=O) groups excluding carboxylic acids is 2. The molecule has 1 atom stereocenters. The first-order valence-corrected chi connectivity index (χ1v) is 9.93. The number of hydrogen-bond donors (Lipinski definition) is 2. The summed E-state index contributed by atoms with van der Waals surface area (Å²) in [5, 5.41) is 17.7. The van der Waals surface area contributed by atoms with E-state index in [1.807, 2.05) is 31.2 Å². The van der Waals surface area contributed by atoms with Crippen molar-refractivity contribution in [3.63, 3.8) is 0 Å². The molecule has 0 fully saturated rings. The average Bonchev–Trinajstić information content (AvgIpc) is 3.01. The molecule has 0 bridgehead atoms. The molecule has 2 aromatic heterocycles. The number of para-hydroxylation sites is 1. The predicted molar refractivity (Wildman–Crippen MR) is 113 cm³/mol. The first kappa shape index (κ1) is 20.9. The fourth-order valence-corrected chi connectivity index (χ4v) is 3.38. The number of aliphatic hydroxyl groups excluding tert-OH is 1. The molecule has 8 nitrogen and oxygen atoms in total. The van der Waals surface area contributed by atoms with Crippen LogP contribution in [-0.4, -0.2) is 55.8 Å². The Hall–Kier alpha value is -2.78. The highest BCUT2D eigenvalue weighted by molar-refractivity contribution is 9.10. The van der Waals surface area contributed by atoms with E-state index in [1.54, 1.807) is 29.8 Å². The van der Waals surface area contributed by atoms with Crippen molar-refractivity contribution in [1.29, 1.82) is 0 Å². The maximum absolute atomic E-state index is 13.0. The van der Waals surface area contributed by atoms with Crippen molar-refractivity contribution in [3.8, 4) is 0 Å². The van der Waals surface area contributed by atoms with E-state index in [4.69, 9.17) is 0 Å². The van der Waals surface area contributed by atoms with E-state index in [-0.39, 0.29) is 25.6 Å². The second-order valence-electron chi connectivity index (χ2n) is 6.71. The van der Waals surface area contributed by atoms with Gasteiger partial charge in [-0.2, -0.15) is 5.10 Å². The smallest absolute Gasteiger partial charge is 0.245 e. The lowest BCUT2D eigenvalue weighted by Gasteiger charge is -2.27. The summed E-state index contributed by atoms with van der Waals surface area (Å²) >= 11 is 3.25. The number of aliphatic hydroxyl groups is 1. The van der Waals surface area contributed by atoms with Gasteiger partial charge < -0.3 is 15.3 Å². The molecule has 0 spiro atoms. The molecule has 1 aromatic carbocycles. The number of pyridine rings is 1. The SMILES string of the molecule is Cc1nn(CC(=O)N(CC(=O)Nc2cccc(Br)n2)[C@H](C)CO)c2ccccc12. The topological polar surface area (TPSA) is 100 Å². The summed E-state index contributed by atoms with van der Waals surface area (Å²) in [5.74, 6) is -0.329. The van der Waals surface area contributed by atoms with Gasteiger partial charge in [-0.25, -0.2) is 4.98 Å². The second kappa shape index (κ2) is 9.15. The highest BCUT2D eigenvalue weighted by atomic mass is 79.9. The number of aromatic nitrogens is 3. The number of amides is 2. The maximum atomic E-state index is 13.0. The zero-order valence-corrected chi connectivity index (χ0v) is 17.8. The number of hydrogen-bond acceptors (Lipinski definition) is 5. The number of rotatable bonds is 7. The Bertz CT molecular complexity index is 1040. The molecule has 152 valence electrons. The van der Waals surface area contributed by atoms with Crippen LogP contribution >= 0.6 is 15.9 Å². The number of carbonyl (C=O) groups is 2. The lowest BCUT2D eigenvalue weighted by Crippen LogP contribution is -2.46. The molecule has 0 radical (unpaired) electrons. The average molecular weight is 460 g/mol. The Morgan fingerprint density at radius 1 is 1.24 bits per heavy atom. The number of nitrogens with one attached hydrogen (secondary N) is 1. The van der Waals surface area contributed by atoms with E-state index < -0.39 is 11.9 Å². The van der Waals surface area contributed by atoms with Crippen LogP contribution in [0.5, 0.6) is 0 Å². The first-order chi connectivity index (χ1) is 13.9. The third-order valence-electron chi connectivity index (χ3n) is 4.54. The molecule has 3 rings (SSSR count). The van der Waals surface area contributed by atoms with Crippen LogP contribution in [0.25, 0.3) is 10.9 Å². The molecule has 29 heavy (non-hydrogen) atoms. The Labute approximate surface area is 176 Å². The fraction of sp³-hybridized carbons (Fsp3) is 0.300. The number of halogens is 1. The van der Waals surface area contributed by atoms with E-state index in [9.17, 15) is 14.7 Å². The number of benzene rings is 1. The Morgan fingerprint density at radius 2 is 2.00 bits per heavy atom. The fourth-order valence-electron chi connectivity index (χ4n) is 3.04. The molecule has 0 aliphatic heterocycles. The summed E-state index contributed by atoms with van der Waals surface area (Å²) in [6.07, 6.45) is 0.